The number of benzene rings is 1. The van der Waals surface area contributed by atoms with Gasteiger partial charge in [-0.05, 0) is 37.8 Å². The lowest BCUT2D eigenvalue weighted by atomic mass is 9.99. The van der Waals surface area contributed by atoms with Gasteiger partial charge in [-0.1, -0.05) is 24.3 Å². The van der Waals surface area contributed by atoms with Gasteiger partial charge in [0.2, 0.25) is 5.91 Å². The summed E-state index contributed by atoms with van der Waals surface area (Å²) in [4.78, 5) is 24.8. The number of thiazole rings is 1. The second-order valence-corrected chi connectivity index (χ2v) is 8.56. The predicted octanol–water partition coefficient (Wildman–Crippen LogP) is 2.91. The van der Waals surface area contributed by atoms with Crippen LogP contribution in [0.5, 0.6) is 0 Å². The Kier molecular flexibility index (Phi) is 8.04. The fourth-order valence-electron chi connectivity index (χ4n) is 3.43. The van der Waals surface area contributed by atoms with E-state index in [1.165, 1.54) is 16.0 Å². The Bertz CT molecular complexity index is 832. The molecule has 2 heterocycles. The number of hydrogen-bond donors (Lipinski definition) is 2. The number of carbonyl (C=O) groups is 1. The van der Waals surface area contributed by atoms with Gasteiger partial charge in [0.15, 0.2) is 5.96 Å². The van der Waals surface area contributed by atoms with E-state index in [-0.39, 0.29) is 5.91 Å². The summed E-state index contributed by atoms with van der Waals surface area (Å²) in [6, 6.07) is 8.41. The van der Waals surface area contributed by atoms with E-state index >= 15 is 0 Å². The lowest BCUT2D eigenvalue weighted by molar-refractivity contribution is -0.132. The highest BCUT2D eigenvalue weighted by atomic mass is 32.1. The van der Waals surface area contributed by atoms with Crippen LogP contribution in [0.15, 0.2) is 35.5 Å². The summed E-state index contributed by atoms with van der Waals surface area (Å²) >= 11 is 1.73. The number of rotatable bonds is 8. The zero-order chi connectivity index (χ0) is 20.5. The van der Waals surface area contributed by atoms with Crippen molar-refractivity contribution in [2.45, 2.75) is 46.1 Å². The molecule has 1 aromatic carbocycles. The first-order valence-electron chi connectivity index (χ1n) is 10.4. The van der Waals surface area contributed by atoms with Crippen LogP contribution < -0.4 is 10.6 Å². The van der Waals surface area contributed by atoms with Crippen molar-refractivity contribution >= 4 is 23.2 Å². The molecule has 0 radical (unpaired) electrons. The summed E-state index contributed by atoms with van der Waals surface area (Å²) in [5, 5.41) is 7.75. The maximum absolute atomic E-state index is 12.5. The van der Waals surface area contributed by atoms with Crippen LogP contribution in [-0.4, -0.2) is 47.9 Å². The van der Waals surface area contributed by atoms with E-state index in [9.17, 15) is 4.79 Å². The van der Waals surface area contributed by atoms with Crippen LogP contribution in [0.1, 0.15) is 40.8 Å². The molecule has 0 atom stereocenters. The zero-order valence-corrected chi connectivity index (χ0v) is 18.2. The average molecular weight is 414 g/mol. The molecule has 1 aromatic heterocycles. The van der Waals surface area contributed by atoms with Crippen molar-refractivity contribution in [3.63, 3.8) is 0 Å². The topological polar surface area (TPSA) is 69.6 Å². The molecule has 2 N–H and O–H groups in total. The number of carbonyl (C=O) groups excluding carboxylic acids is 1. The van der Waals surface area contributed by atoms with Crippen LogP contribution in [0.4, 0.5) is 0 Å². The third kappa shape index (κ3) is 6.56. The Balaban J connectivity index is 1.39. The van der Waals surface area contributed by atoms with Crippen molar-refractivity contribution in [2.24, 2.45) is 4.99 Å². The summed E-state index contributed by atoms with van der Waals surface area (Å²) in [5.74, 6) is 1.03. The molecule has 6 nitrogen and oxygen atoms in total. The van der Waals surface area contributed by atoms with E-state index in [4.69, 9.17) is 0 Å². The van der Waals surface area contributed by atoms with Gasteiger partial charge in [0.25, 0.3) is 0 Å². The maximum atomic E-state index is 12.5. The first-order valence-corrected chi connectivity index (χ1v) is 11.3. The molecule has 0 fully saturated rings. The Labute approximate surface area is 177 Å². The molecule has 156 valence electrons. The molecule has 0 saturated carbocycles. The van der Waals surface area contributed by atoms with Gasteiger partial charge in [0.1, 0.15) is 0 Å². The van der Waals surface area contributed by atoms with Crippen molar-refractivity contribution in [1.29, 1.82) is 0 Å². The molecule has 1 amide bonds. The molecular weight excluding hydrogens is 382 g/mol. The third-order valence-electron chi connectivity index (χ3n) is 4.95. The second-order valence-electron chi connectivity index (χ2n) is 7.24. The fourth-order valence-corrected chi connectivity index (χ4v) is 4.22. The number of aromatic nitrogens is 1. The summed E-state index contributed by atoms with van der Waals surface area (Å²) in [5.41, 5.74) is 2.65. The first-order chi connectivity index (χ1) is 14.2. The lowest BCUT2D eigenvalue weighted by Crippen LogP contribution is -2.38. The average Bonchev–Trinajstić information content (AvgIpc) is 3.15. The van der Waals surface area contributed by atoms with Crippen LogP contribution in [0.2, 0.25) is 0 Å². The zero-order valence-electron chi connectivity index (χ0n) is 17.4. The molecule has 0 bridgehead atoms. The number of aryl methyl sites for hydroxylation is 1. The minimum absolute atomic E-state index is 0.229. The molecule has 0 saturated heterocycles. The van der Waals surface area contributed by atoms with Gasteiger partial charge in [-0.15, -0.1) is 11.3 Å². The summed E-state index contributed by atoms with van der Waals surface area (Å²) < 4.78 is 0. The molecule has 1 aliphatic rings. The minimum atomic E-state index is 0.229. The van der Waals surface area contributed by atoms with E-state index in [1.54, 1.807) is 11.3 Å². The van der Waals surface area contributed by atoms with Crippen LogP contribution >= 0.6 is 11.3 Å². The van der Waals surface area contributed by atoms with E-state index < -0.39 is 0 Å². The highest BCUT2D eigenvalue weighted by Crippen LogP contribution is 2.19. The van der Waals surface area contributed by atoms with E-state index in [0.29, 0.717) is 13.0 Å². The van der Waals surface area contributed by atoms with Gasteiger partial charge in [0, 0.05) is 56.6 Å². The quantitative estimate of drug-likeness (QED) is 0.397. The predicted molar refractivity (Wildman–Crippen MR) is 119 cm³/mol. The van der Waals surface area contributed by atoms with Gasteiger partial charge in [-0.25, -0.2) is 4.98 Å². The van der Waals surface area contributed by atoms with E-state index in [2.05, 4.69) is 52.7 Å². The number of nitrogens with zero attached hydrogens (tertiary/aromatic N) is 3. The van der Waals surface area contributed by atoms with E-state index in [0.717, 1.165) is 56.4 Å². The van der Waals surface area contributed by atoms with Crippen LogP contribution in [-0.2, 0) is 24.2 Å². The van der Waals surface area contributed by atoms with Gasteiger partial charge in [-0.2, -0.15) is 0 Å². The van der Waals surface area contributed by atoms with E-state index in [1.807, 2.05) is 17.2 Å². The lowest BCUT2D eigenvalue weighted by Gasteiger charge is -2.28. The Morgan fingerprint density at radius 1 is 1.28 bits per heavy atom. The molecule has 3 rings (SSSR count). The second kappa shape index (κ2) is 11.0. The molecular formula is C22H31N5OS. The molecule has 2 aromatic rings. The summed E-state index contributed by atoms with van der Waals surface area (Å²) in [6.45, 7) is 7.93. The Morgan fingerprint density at radius 3 is 2.86 bits per heavy atom. The first kappa shape index (κ1) is 21.3. The molecule has 0 aliphatic carbocycles. The molecule has 29 heavy (non-hydrogen) atoms. The van der Waals surface area contributed by atoms with Crippen LogP contribution in [0.25, 0.3) is 0 Å². The number of hydrogen-bond acceptors (Lipinski definition) is 4. The number of amides is 1. The van der Waals surface area contributed by atoms with Gasteiger partial charge in [-0.3, -0.25) is 9.79 Å². The van der Waals surface area contributed by atoms with Gasteiger partial charge in [0.05, 0.1) is 5.01 Å². The van der Waals surface area contributed by atoms with Crippen LogP contribution in [0.3, 0.4) is 0 Å². The number of aliphatic imine (C=N–C) groups is 1. The molecule has 1 aliphatic heterocycles. The van der Waals surface area contributed by atoms with Crippen LogP contribution in [0, 0.1) is 6.92 Å². The van der Waals surface area contributed by atoms with Crippen molar-refractivity contribution in [3.05, 3.63) is 51.5 Å². The summed E-state index contributed by atoms with van der Waals surface area (Å²) in [6.07, 6.45) is 5.06. The van der Waals surface area contributed by atoms with Crippen molar-refractivity contribution in [1.82, 2.24) is 20.5 Å². The third-order valence-corrected chi connectivity index (χ3v) is 5.92. The standard InChI is InChI=1S/C22H31N5OS/c1-3-23-22(25-13-10-20-26-15-17(2)29-20)24-12-6-9-21(28)27-14-11-18-7-4-5-8-19(18)16-27/h4-5,7-8,15H,3,6,9-14,16H2,1-2H3,(H2,23,24,25). The SMILES string of the molecule is CCNC(=NCCCC(=O)N1CCc2ccccc2C1)NCCc1ncc(C)s1. The minimum Gasteiger partial charge on any atom is -0.357 e. The van der Waals surface area contributed by atoms with Gasteiger partial charge < -0.3 is 15.5 Å². The number of fused-ring (bicyclic) bond motifs is 1. The highest BCUT2D eigenvalue weighted by molar-refractivity contribution is 7.11. The van der Waals surface area contributed by atoms with Crippen molar-refractivity contribution in [2.75, 3.05) is 26.2 Å². The Hall–Kier alpha value is -2.41. The van der Waals surface area contributed by atoms with Crippen molar-refractivity contribution in [3.8, 4) is 0 Å². The number of nitrogens with one attached hydrogen (secondary N) is 2. The molecule has 7 heteroatoms. The molecule has 0 unspecified atom stereocenters. The largest absolute Gasteiger partial charge is 0.357 e. The summed E-state index contributed by atoms with van der Waals surface area (Å²) in [7, 11) is 0. The van der Waals surface area contributed by atoms with Crippen molar-refractivity contribution < 1.29 is 4.79 Å². The smallest absolute Gasteiger partial charge is 0.222 e. The van der Waals surface area contributed by atoms with Gasteiger partial charge >= 0.3 is 0 Å². The number of guanidine groups is 1. The Morgan fingerprint density at radius 2 is 2.10 bits per heavy atom. The fraction of sp³-hybridized carbons (Fsp3) is 0.500. The normalized spacial score (nSPS) is 13.9. The monoisotopic (exact) mass is 413 g/mol. The maximum Gasteiger partial charge on any atom is 0.222 e. The molecule has 0 spiro atoms. The highest BCUT2D eigenvalue weighted by Gasteiger charge is 2.19.